The fourth-order valence-electron chi connectivity index (χ4n) is 3.55. The Kier molecular flexibility index (Phi) is 5.03. The number of nitrogens with zero attached hydrogens (tertiary/aromatic N) is 4. The number of nitrogens with two attached hydrogens (primary N) is 1. The van der Waals surface area contributed by atoms with Gasteiger partial charge in [-0.25, -0.2) is 4.98 Å². The maximum absolute atomic E-state index is 10.3. The van der Waals surface area contributed by atoms with Gasteiger partial charge in [-0.3, -0.25) is 4.90 Å². The van der Waals surface area contributed by atoms with E-state index in [1.807, 2.05) is 24.3 Å². The Hall–Kier alpha value is -2.88. The van der Waals surface area contributed by atoms with E-state index in [9.17, 15) is 10.2 Å². The van der Waals surface area contributed by atoms with Gasteiger partial charge in [0.1, 0.15) is 17.6 Å². The Labute approximate surface area is 162 Å². The van der Waals surface area contributed by atoms with Crippen LogP contribution in [0.4, 0.5) is 11.5 Å². The molecule has 3 aromatic rings. The van der Waals surface area contributed by atoms with Crippen LogP contribution in [0.2, 0.25) is 0 Å². The third-order valence-corrected chi connectivity index (χ3v) is 5.06. The Bertz CT molecular complexity index is 975. The van der Waals surface area contributed by atoms with Crippen molar-refractivity contribution in [2.45, 2.75) is 25.1 Å². The molecule has 1 fully saturated rings. The minimum Gasteiger partial charge on any atom is -0.497 e. The molecule has 1 aliphatic rings. The zero-order valence-electron chi connectivity index (χ0n) is 15.6. The molecule has 0 radical (unpaired) electrons. The minimum absolute atomic E-state index is 0.0374. The first-order valence-electron chi connectivity index (χ1n) is 9.17. The van der Waals surface area contributed by atoms with E-state index in [4.69, 9.17) is 10.5 Å². The molecule has 0 saturated carbocycles. The van der Waals surface area contributed by atoms with Crippen LogP contribution in [-0.2, 0) is 6.54 Å². The number of anilines is 2. The Balaban J connectivity index is 1.66. The molecule has 4 rings (SSSR count). The van der Waals surface area contributed by atoms with Crippen molar-refractivity contribution in [3.8, 4) is 11.6 Å². The first-order chi connectivity index (χ1) is 13.5. The number of likely N-dealkylation sites (tertiary alicyclic amines) is 1. The highest BCUT2D eigenvalue weighted by atomic mass is 16.5. The molecule has 5 N–H and O–H groups in total. The highest BCUT2D eigenvalue weighted by Crippen LogP contribution is 2.30. The van der Waals surface area contributed by atoms with Gasteiger partial charge in [0.05, 0.1) is 13.2 Å². The van der Waals surface area contributed by atoms with Crippen molar-refractivity contribution in [2.24, 2.45) is 5.73 Å². The van der Waals surface area contributed by atoms with Gasteiger partial charge in [0.15, 0.2) is 5.82 Å². The lowest BCUT2D eigenvalue weighted by Gasteiger charge is -2.33. The van der Waals surface area contributed by atoms with Gasteiger partial charge in [0, 0.05) is 49.1 Å². The number of benzene rings is 1. The number of β-amino-alcohol motifs (C(OH)–C–C–N with tert-alkyl or cyclic N) is 1. The topological polar surface area (TPSA) is 121 Å². The Morgan fingerprint density at radius 1 is 1.36 bits per heavy atom. The van der Waals surface area contributed by atoms with Gasteiger partial charge in [-0.1, -0.05) is 6.07 Å². The highest BCUT2D eigenvalue weighted by Gasteiger charge is 2.26. The van der Waals surface area contributed by atoms with Crippen molar-refractivity contribution in [1.29, 1.82) is 0 Å². The molecule has 3 heterocycles. The summed E-state index contributed by atoms with van der Waals surface area (Å²) in [6.45, 7) is 1.82. The zero-order valence-corrected chi connectivity index (χ0v) is 15.6. The number of ether oxygens (including phenoxy) is 1. The molecular weight excluding hydrogens is 360 g/mol. The highest BCUT2D eigenvalue weighted by molar-refractivity contribution is 5.78. The van der Waals surface area contributed by atoms with Crippen molar-refractivity contribution >= 4 is 17.0 Å². The number of aliphatic hydroxyl groups excluding tert-OH is 1. The van der Waals surface area contributed by atoms with Crippen LogP contribution in [0.15, 0.2) is 36.7 Å². The van der Waals surface area contributed by atoms with E-state index in [0.29, 0.717) is 24.4 Å². The fourth-order valence-corrected chi connectivity index (χ4v) is 3.55. The summed E-state index contributed by atoms with van der Waals surface area (Å²) in [5.41, 5.74) is 8.27. The molecule has 28 heavy (non-hydrogen) atoms. The monoisotopic (exact) mass is 384 g/mol. The minimum atomic E-state index is -0.554. The van der Waals surface area contributed by atoms with Gasteiger partial charge in [-0.05, 0) is 18.6 Å². The zero-order chi connectivity index (χ0) is 19.7. The molecule has 0 aliphatic carbocycles. The van der Waals surface area contributed by atoms with E-state index in [2.05, 4.69) is 20.3 Å². The molecular formula is C19H24N6O3. The standard InChI is InChI=1S/C19H24N6O3/c1-28-14-4-2-3-13(8-14)23-19-18-12(7-17(27)25(18)22-11-21-19)9-24-6-5-15(20)16(26)10-24/h2-4,7-8,11,15-16,26-27H,5-6,9-10,20H2,1H3,(H,21,22,23)/t15-,16-/m1/s1. The molecule has 148 valence electrons. The second kappa shape index (κ2) is 7.63. The van der Waals surface area contributed by atoms with Crippen LogP contribution in [0.3, 0.4) is 0 Å². The largest absolute Gasteiger partial charge is 0.497 e. The second-order valence-corrected chi connectivity index (χ2v) is 7.01. The molecule has 2 aromatic heterocycles. The summed E-state index contributed by atoms with van der Waals surface area (Å²) in [5, 5.41) is 27.8. The summed E-state index contributed by atoms with van der Waals surface area (Å²) >= 11 is 0. The number of fused-ring (bicyclic) bond motifs is 1. The van der Waals surface area contributed by atoms with Gasteiger partial charge in [0.25, 0.3) is 0 Å². The van der Waals surface area contributed by atoms with Crippen LogP contribution >= 0.6 is 0 Å². The maximum Gasteiger partial charge on any atom is 0.213 e. The first-order valence-corrected chi connectivity index (χ1v) is 9.17. The number of aromatic nitrogens is 3. The van der Waals surface area contributed by atoms with E-state index in [-0.39, 0.29) is 11.9 Å². The van der Waals surface area contributed by atoms with Gasteiger partial charge in [-0.15, -0.1) is 0 Å². The van der Waals surface area contributed by atoms with Crippen LogP contribution in [0.1, 0.15) is 12.0 Å². The lowest BCUT2D eigenvalue weighted by molar-refractivity contribution is 0.0501. The van der Waals surface area contributed by atoms with Crippen LogP contribution in [0.5, 0.6) is 11.6 Å². The maximum atomic E-state index is 10.3. The molecule has 1 saturated heterocycles. The summed E-state index contributed by atoms with van der Waals surface area (Å²) in [5.74, 6) is 1.34. The smallest absolute Gasteiger partial charge is 0.213 e. The third-order valence-electron chi connectivity index (χ3n) is 5.06. The van der Waals surface area contributed by atoms with Crippen LogP contribution in [0, 0.1) is 0 Å². The SMILES string of the molecule is COc1cccc(Nc2ncnn3c(O)cc(CN4CC[C@@H](N)[C@H](O)C4)c23)c1. The molecule has 0 unspecified atom stereocenters. The van der Waals surface area contributed by atoms with Crippen LogP contribution in [0.25, 0.3) is 5.52 Å². The van der Waals surface area contributed by atoms with Gasteiger partial charge >= 0.3 is 0 Å². The van der Waals surface area contributed by atoms with Gasteiger partial charge in [-0.2, -0.15) is 9.61 Å². The number of aliphatic hydroxyl groups is 1. The third kappa shape index (κ3) is 3.59. The summed E-state index contributed by atoms with van der Waals surface area (Å²) in [6, 6.07) is 9.01. The van der Waals surface area contributed by atoms with Crippen molar-refractivity contribution in [3.63, 3.8) is 0 Å². The summed E-state index contributed by atoms with van der Waals surface area (Å²) < 4.78 is 6.72. The van der Waals surface area contributed by atoms with Crippen molar-refractivity contribution < 1.29 is 14.9 Å². The lowest BCUT2D eigenvalue weighted by atomic mass is 10.0. The molecule has 9 nitrogen and oxygen atoms in total. The summed E-state index contributed by atoms with van der Waals surface area (Å²) in [7, 11) is 1.62. The molecule has 0 amide bonds. The van der Waals surface area contributed by atoms with E-state index in [0.717, 1.165) is 30.0 Å². The van der Waals surface area contributed by atoms with Crippen molar-refractivity contribution in [2.75, 3.05) is 25.5 Å². The summed E-state index contributed by atoms with van der Waals surface area (Å²) in [6.07, 6.45) is 1.56. The second-order valence-electron chi connectivity index (χ2n) is 7.01. The van der Waals surface area contributed by atoms with Crippen molar-refractivity contribution in [3.05, 3.63) is 42.2 Å². The van der Waals surface area contributed by atoms with E-state index < -0.39 is 6.10 Å². The van der Waals surface area contributed by atoms with E-state index >= 15 is 0 Å². The van der Waals surface area contributed by atoms with E-state index in [1.54, 1.807) is 13.2 Å². The molecule has 1 aromatic carbocycles. The Morgan fingerprint density at radius 2 is 2.21 bits per heavy atom. The number of piperidine rings is 1. The number of hydrogen-bond acceptors (Lipinski definition) is 8. The molecule has 2 atom stereocenters. The average molecular weight is 384 g/mol. The van der Waals surface area contributed by atoms with Crippen LogP contribution < -0.4 is 15.8 Å². The quantitative estimate of drug-likeness (QED) is 0.516. The van der Waals surface area contributed by atoms with Crippen molar-refractivity contribution in [1.82, 2.24) is 19.5 Å². The van der Waals surface area contributed by atoms with Gasteiger partial charge in [0.2, 0.25) is 5.88 Å². The first kappa shape index (κ1) is 18.5. The number of nitrogens with one attached hydrogen (secondary N) is 1. The summed E-state index contributed by atoms with van der Waals surface area (Å²) in [4.78, 5) is 6.49. The molecule has 9 heteroatoms. The van der Waals surface area contributed by atoms with Gasteiger partial charge < -0.3 is 26.0 Å². The molecule has 0 bridgehead atoms. The number of methoxy groups -OCH3 is 1. The molecule has 1 aliphatic heterocycles. The van der Waals surface area contributed by atoms with Crippen LogP contribution in [-0.4, -0.2) is 62.1 Å². The normalized spacial score (nSPS) is 20.4. The number of rotatable bonds is 5. The predicted octanol–water partition coefficient (Wildman–Crippen LogP) is 1.08. The predicted molar refractivity (Wildman–Crippen MR) is 105 cm³/mol. The van der Waals surface area contributed by atoms with E-state index in [1.165, 1.54) is 10.8 Å². The molecule has 0 spiro atoms. The Morgan fingerprint density at radius 3 is 3.00 bits per heavy atom. The number of hydrogen-bond donors (Lipinski definition) is 4. The lowest BCUT2D eigenvalue weighted by Crippen LogP contribution is -2.50. The number of aromatic hydroxyl groups is 1. The fraction of sp³-hybridized carbons (Fsp3) is 0.368. The average Bonchev–Trinajstić information content (AvgIpc) is 3.01.